The van der Waals surface area contributed by atoms with Crippen molar-refractivity contribution in [1.82, 2.24) is 4.98 Å². The second kappa shape index (κ2) is 8.94. The average molecular weight is 443 g/mol. The number of anilines is 3. The third-order valence-corrected chi connectivity index (χ3v) is 6.45. The Balaban J connectivity index is 1.18. The molecule has 0 atom stereocenters. The number of carbonyl (C=O) groups excluding carboxylic acids is 1. The Hall–Kier alpha value is -3.87. The van der Waals surface area contributed by atoms with E-state index < -0.39 is 5.97 Å². The number of carbonyl (C=O) groups is 2. The summed E-state index contributed by atoms with van der Waals surface area (Å²) in [7, 11) is 0. The van der Waals surface area contributed by atoms with Crippen LogP contribution in [0.4, 0.5) is 17.2 Å². The number of benzene rings is 2. The molecule has 1 aromatic heterocycles. The molecule has 1 aliphatic carbocycles. The number of pyridine rings is 1. The quantitative estimate of drug-likeness (QED) is 0.624. The van der Waals surface area contributed by atoms with Crippen molar-refractivity contribution in [2.24, 2.45) is 0 Å². The van der Waals surface area contributed by atoms with Gasteiger partial charge >= 0.3 is 5.97 Å². The molecule has 2 N–H and O–H groups in total. The first-order valence-corrected chi connectivity index (χ1v) is 11.3. The van der Waals surface area contributed by atoms with Crippen LogP contribution < -0.4 is 15.1 Å². The molecular formula is C26H26N4O3. The van der Waals surface area contributed by atoms with Crippen molar-refractivity contribution in [3.05, 3.63) is 83.0 Å². The molecule has 1 saturated heterocycles. The van der Waals surface area contributed by atoms with E-state index in [-0.39, 0.29) is 11.5 Å². The molecule has 1 amide bonds. The monoisotopic (exact) mass is 442 g/mol. The van der Waals surface area contributed by atoms with Crippen LogP contribution >= 0.6 is 0 Å². The molecule has 0 radical (unpaired) electrons. The first-order valence-electron chi connectivity index (χ1n) is 11.3. The summed E-state index contributed by atoms with van der Waals surface area (Å²) in [5, 5.41) is 12.0. The van der Waals surface area contributed by atoms with Crippen molar-refractivity contribution < 1.29 is 14.7 Å². The average Bonchev–Trinajstić information content (AvgIpc) is 3.32. The second-order valence-corrected chi connectivity index (χ2v) is 8.52. The summed E-state index contributed by atoms with van der Waals surface area (Å²) in [6.07, 6.45) is 4.81. The third-order valence-electron chi connectivity index (χ3n) is 6.45. The van der Waals surface area contributed by atoms with Gasteiger partial charge in [0.05, 0.1) is 5.56 Å². The van der Waals surface area contributed by atoms with E-state index in [1.807, 2.05) is 30.3 Å². The van der Waals surface area contributed by atoms with Crippen molar-refractivity contribution in [3.63, 3.8) is 0 Å². The third kappa shape index (κ3) is 4.53. The molecule has 168 valence electrons. The van der Waals surface area contributed by atoms with E-state index in [1.165, 1.54) is 23.7 Å². The second-order valence-electron chi connectivity index (χ2n) is 8.52. The lowest BCUT2D eigenvalue weighted by Crippen LogP contribution is -2.46. The van der Waals surface area contributed by atoms with E-state index in [9.17, 15) is 9.59 Å². The van der Waals surface area contributed by atoms with Gasteiger partial charge in [-0.1, -0.05) is 6.07 Å². The zero-order valence-electron chi connectivity index (χ0n) is 18.3. The summed E-state index contributed by atoms with van der Waals surface area (Å²) in [4.78, 5) is 32.4. The Labute approximate surface area is 192 Å². The SMILES string of the molecule is O=C(O)c1ccc(N2CCN(c3ccc(C(=O)Nc4ccc5c(c4)CCC5)cc3)CC2)nc1. The number of fused-ring (bicyclic) bond motifs is 1. The number of hydrogen-bond donors (Lipinski definition) is 2. The van der Waals surface area contributed by atoms with Gasteiger partial charge in [-0.25, -0.2) is 9.78 Å². The zero-order chi connectivity index (χ0) is 22.8. The van der Waals surface area contributed by atoms with E-state index in [0.29, 0.717) is 5.56 Å². The maximum absolute atomic E-state index is 12.7. The first kappa shape index (κ1) is 21.0. The number of rotatable bonds is 5. The molecule has 5 rings (SSSR count). The molecule has 2 aliphatic rings. The van der Waals surface area contributed by atoms with E-state index in [0.717, 1.165) is 56.2 Å². The topological polar surface area (TPSA) is 85.8 Å². The van der Waals surface area contributed by atoms with Gasteiger partial charge in [-0.3, -0.25) is 4.79 Å². The van der Waals surface area contributed by atoms with E-state index in [4.69, 9.17) is 5.11 Å². The molecule has 2 heterocycles. The Morgan fingerprint density at radius 2 is 1.52 bits per heavy atom. The van der Waals surface area contributed by atoms with Gasteiger partial charge in [-0.05, 0) is 78.9 Å². The highest BCUT2D eigenvalue weighted by Gasteiger charge is 2.19. The summed E-state index contributed by atoms with van der Waals surface area (Å²) in [5.41, 5.74) is 5.50. The number of carboxylic acids is 1. The van der Waals surface area contributed by atoms with Crippen molar-refractivity contribution in [3.8, 4) is 0 Å². The van der Waals surface area contributed by atoms with Gasteiger partial charge in [0, 0.05) is 49.3 Å². The number of amides is 1. The van der Waals surface area contributed by atoms with Crippen molar-refractivity contribution in [2.45, 2.75) is 19.3 Å². The minimum Gasteiger partial charge on any atom is -0.478 e. The molecule has 1 aliphatic heterocycles. The van der Waals surface area contributed by atoms with E-state index in [1.54, 1.807) is 12.1 Å². The molecule has 1 fully saturated rings. The fourth-order valence-corrected chi connectivity index (χ4v) is 4.57. The van der Waals surface area contributed by atoms with Crippen LogP contribution in [0.25, 0.3) is 0 Å². The number of aryl methyl sites for hydroxylation is 2. The van der Waals surface area contributed by atoms with Gasteiger partial charge in [-0.2, -0.15) is 0 Å². The van der Waals surface area contributed by atoms with Crippen molar-refractivity contribution >= 4 is 29.1 Å². The normalized spacial score (nSPS) is 15.3. The highest BCUT2D eigenvalue weighted by molar-refractivity contribution is 6.04. The van der Waals surface area contributed by atoms with E-state index >= 15 is 0 Å². The van der Waals surface area contributed by atoms with Gasteiger partial charge in [0.2, 0.25) is 0 Å². The van der Waals surface area contributed by atoms with Crippen LogP contribution in [-0.4, -0.2) is 48.1 Å². The standard InChI is InChI=1S/C26H26N4O3/c31-25(28-22-8-4-18-2-1-3-20(18)16-22)19-5-9-23(10-6-19)29-12-14-30(15-13-29)24-11-7-21(17-27-24)26(32)33/h4-11,16-17H,1-3,12-15H2,(H,28,31)(H,32,33). The van der Waals surface area contributed by atoms with Crippen LogP contribution in [0.5, 0.6) is 0 Å². The summed E-state index contributed by atoms with van der Waals surface area (Å²) in [6.45, 7) is 3.23. The van der Waals surface area contributed by atoms with Crippen LogP contribution in [0, 0.1) is 0 Å². The maximum Gasteiger partial charge on any atom is 0.337 e. The van der Waals surface area contributed by atoms with Gasteiger partial charge in [-0.15, -0.1) is 0 Å². The van der Waals surface area contributed by atoms with Gasteiger partial charge in [0.25, 0.3) is 5.91 Å². The smallest absolute Gasteiger partial charge is 0.337 e. The lowest BCUT2D eigenvalue weighted by molar-refractivity contribution is 0.0696. The number of hydrogen-bond acceptors (Lipinski definition) is 5. The molecule has 0 saturated carbocycles. The summed E-state index contributed by atoms with van der Waals surface area (Å²) in [6, 6.07) is 17.3. The zero-order valence-corrected chi connectivity index (χ0v) is 18.3. The van der Waals surface area contributed by atoms with Crippen LogP contribution in [0.15, 0.2) is 60.8 Å². The number of nitrogens with zero attached hydrogens (tertiary/aromatic N) is 3. The van der Waals surface area contributed by atoms with Crippen molar-refractivity contribution in [1.29, 1.82) is 0 Å². The fraction of sp³-hybridized carbons (Fsp3) is 0.269. The summed E-state index contributed by atoms with van der Waals surface area (Å²) in [5.74, 6) is -0.276. The molecule has 0 spiro atoms. The summed E-state index contributed by atoms with van der Waals surface area (Å²) >= 11 is 0. The molecule has 3 aromatic rings. The minimum atomic E-state index is -0.969. The van der Waals surface area contributed by atoms with Gasteiger partial charge in [0.15, 0.2) is 0 Å². The van der Waals surface area contributed by atoms with Crippen molar-refractivity contribution in [2.75, 3.05) is 41.3 Å². The highest BCUT2D eigenvalue weighted by Crippen LogP contribution is 2.25. The maximum atomic E-state index is 12.7. The van der Waals surface area contributed by atoms with Gasteiger partial charge < -0.3 is 20.2 Å². The molecule has 33 heavy (non-hydrogen) atoms. The Bertz CT molecular complexity index is 1170. The fourth-order valence-electron chi connectivity index (χ4n) is 4.57. The lowest BCUT2D eigenvalue weighted by Gasteiger charge is -2.36. The lowest BCUT2D eigenvalue weighted by atomic mass is 10.1. The molecule has 0 bridgehead atoms. The molecular weight excluding hydrogens is 416 g/mol. The Morgan fingerprint density at radius 1 is 0.818 bits per heavy atom. The predicted octanol–water partition coefficient (Wildman–Crippen LogP) is 3.85. The Kier molecular flexibility index (Phi) is 5.69. The summed E-state index contributed by atoms with van der Waals surface area (Å²) < 4.78 is 0. The number of carboxylic acid groups (broad SMARTS) is 1. The number of piperazine rings is 1. The predicted molar refractivity (Wildman–Crippen MR) is 128 cm³/mol. The van der Waals surface area contributed by atoms with Crippen LogP contribution in [-0.2, 0) is 12.8 Å². The number of aromatic carboxylic acids is 1. The highest BCUT2D eigenvalue weighted by atomic mass is 16.4. The van der Waals surface area contributed by atoms with Gasteiger partial charge in [0.1, 0.15) is 5.82 Å². The van der Waals surface area contributed by atoms with Crippen LogP contribution in [0.1, 0.15) is 38.3 Å². The van der Waals surface area contributed by atoms with Crippen LogP contribution in [0.3, 0.4) is 0 Å². The van der Waals surface area contributed by atoms with Crippen LogP contribution in [0.2, 0.25) is 0 Å². The molecule has 7 nitrogen and oxygen atoms in total. The molecule has 7 heteroatoms. The largest absolute Gasteiger partial charge is 0.478 e. The van der Waals surface area contributed by atoms with E-state index in [2.05, 4.69) is 32.2 Å². The minimum absolute atomic E-state index is 0.0970. The Morgan fingerprint density at radius 3 is 2.21 bits per heavy atom. The number of aromatic nitrogens is 1. The molecule has 0 unspecified atom stereocenters. The first-order chi connectivity index (χ1) is 16.1. The molecule has 2 aromatic carbocycles. The number of nitrogens with one attached hydrogen (secondary N) is 1.